The van der Waals surface area contributed by atoms with Crippen LogP contribution in [0.1, 0.15) is 50.4 Å². The zero-order chi connectivity index (χ0) is 32.2. The number of hydrogen-bond acceptors (Lipinski definition) is 8. The Labute approximate surface area is 278 Å². The lowest BCUT2D eigenvalue weighted by Gasteiger charge is -2.26. The first-order valence-corrected chi connectivity index (χ1v) is 16.3. The maximum absolute atomic E-state index is 14.1. The van der Waals surface area contributed by atoms with Crippen LogP contribution in [-0.4, -0.2) is 30.4 Å². The summed E-state index contributed by atoms with van der Waals surface area (Å²) in [6.45, 7) is 7.99. The standard InChI is InChI=1S/C34H32BrClN2O6S/c1-6-42-28-15-22(9-13-27(28)43-18-21-7-11-24(36)12-8-21)16-29-32(39)38-31(25-17-23(35)10-14-26(25)41-5)30(33(40)44-19(2)3)20(4)37-34(38)45-29/h7-17,19,31H,6,18H2,1-5H3/b29-16-/t31-/m0/s1. The summed E-state index contributed by atoms with van der Waals surface area (Å²) in [5.74, 6) is 1.12. The van der Waals surface area contributed by atoms with Crippen LogP contribution in [0.5, 0.6) is 17.2 Å². The molecule has 0 fully saturated rings. The molecule has 1 aliphatic heterocycles. The fourth-order valence-electron chi connectivity index (χ4n) is 4.97. The molecule has 1 atom stereocenters. The third-order valence-corrected chi connectivity index (χ3v) is 8.67. The Kier molecular flexibility index (Phi) is 10.2. The second-order valence-electron chi connectivity index (χ2n) is 10.5. The molecule has 4 aromatic rings. The summed E-state index contributed by atoms with van der Waals surface area (Å²) in [5, 5.41) is 0.660. The maximum Gasteiger partial charge on any atom is 0.338 e. The van der Waals surface area contributed by atoms with Crippen LogP contribution in [0.15, 0.2) is 86.2 Å². The lowest BCUT2D eigenvalue weighted by atomic mass is 9.95. The largest absolute Gasteiger partial charge is 0.496 e. The average molecular weight is 712 g/mol. The van der Waals surface area contributed by atoms with Crippen molar-refractivity contribution >= 4 is 50.9 Å². The Morgan fingerprint density at radius 1 is 1.07 bits per heavy atom. The van der Waals surface area contributed by atoms with Gasteiger partial charge in [0.1, 0.15) is 18.4 Å². The van der Waals surface area contributed by atoms with Gasteiger partial charge in [-0.05, 0) is 87.4 Å². The number of aromatic nitrogens is 1. The van der Waals surface area contributed by atoms with Crippen molar-refractivity contribution in [3.63, 3.8) is 0 Å². The number of hydrogen-bond donors (Lipinski definition) is 0. The van der Waals surface area contributed by atoms with Crippen LogP contribution in [0.4, 0.5) is 0 Å². The summed E-state index contributed by atoms with van der Waals surface area (Å²) in [6.07, 6.45) is 1.43. The third-order valence-electron chi connectivity index (χ3n) is 6.94. The predicted molar refractivity (Wildman–Crippen MR) is 179 cm³/mol. The molecular weight excluding hydrogens is 680 g/mol. The van der Waals surface area contributed by atoms with Gasteiger partial charge in [0, 0.05) is 15.1 Å². The molecule has 0 N–H and O–H groups in total. The number of nitrogens with zero attached hydrogens (tertiary/aromatic N) is 2. The van der Waals surface area contributed by atoms with Crippen molar-refractivity contribution < 1.29 is 23.7 Å². The van der Waals surface area contributed by atoms with Crippen LogP contribution >= 0.6 is 38.9 Å². The van der Waals surface area contributed by atoms with Gasteiger partial charge in [0.25, 0.3) is 5.56 Å². The SMILES string of the molecule is CCOc1cc(/C=c2\sc3n(c2=O)[C@@H](c2cc(Br)ccc2OC)C(C(=O)OC(C)C)=C(C)N=3)ccc1OCc1ccc(Cl)cc1. The number of carbonyl (C=O) groups is 1. The van der Waals surface area contributed by atoms with E-state index in [-0.39, 0.29) is 17.2 Å². The Bertz CT molecular complexity index is 1950. The minimum absolute atomic E-state index is 0.278. The molecule has 3 aromatic carbocycles. The van der Waals surface area contributed by atoms with E-state index in [1.165, 1.54) is 15.9 Å². The fraction of sp³-hybridized carbons (Fsp3) is 0.265. The van der Waals surface area contributed by atoms with E-state index in [0.29, 0.717) is 56.1 Å². The number of benzene rings is 3. The predicted octanol–water partition coefficient (Wildman–Crippen LogP) is 6.59. The number of halogens is 2. The Hall–Kier alpha value is -3.86. The van der Waals surface area contributed by atoms with E-state index in [9.17, 15) is 9.59 Å². The van der Waals surface area contributed by atoms with Crippen LogP contribution in [0.25, 0.3) is 6.08 Å². The van der Waals surface area contributed by atoms with E-state index < -0.39 is 12.0 Å². The van der Waals surface area contributed by atoms with E-state index >= 15 is 0 Å². The monoisotopic (exact) mass is 710 g/mol. The topological polar surface area (TPSA) is 88.4 Å². The number of carbonyl (C=O) groups excluding carboxylic acids is 1. The molecule has 5 rings (SSSR count). The molecule has 0 saturated heterocycles. The van der Waals surface area contributed by atoms with Gasteiger partial charge in [-0.25, -0.2) is 9.79 Å². The molecule has 8 nitrogen and oxygen atoms in total. The van der Waals surface area contributed by atoms with Crippen molar-refractivity contribution in [1.82, 2.24) is 4.57 Å². The van der Waals surface area contributed by atoms with Crippen LogP contribution in [-0.2, 0) is 16.1 Å². The van der Waals surface area contributed by atoms with Gasteiger partial charge in [-0.15, -0.1) is 0 Å². The first-order valence-electron chi connectivity index (χ1n) is 14.3. The fourth-order valence-corrected chi connectivity index (χ4v) is 6.52. The lowest BCUT2D eigenvalue weighted by Crippen LogP contribution is -2.40. The second kappa shape index (κ2) is 14.1. The normalized spacial score (nSPS) is 14.7. The summed E-state index contributed by atoms with van der Waals surface area (Å²) >= 11 is 10.8. The number of ether oxygens (including phenoxy) is 4. The van der Waals surface area contributed by atoms with E-state index in [4.69, 9.17) is 30.5 Å². The molecule has 234 valence electrons. The molecule has 0 bridgehead atoms. The van der Waals surface area contributed by atoms with Gasteiger partial charge in [-0.1, -0.05) is 57.1 Å². The molecule has 0 spiro atoms. The highest BCUT2D eigenvalue weighted by Gasteiger charge is 2.35. The van der Waals surface area contributed by atoms with Crippen molar-refractivity contribution in [2.45, 2.75) is 46.4 Å². The molecule has 0 unspecified atom stereocenters. The van der Waals surface area contributed by atoms with Gasteiger partial charge in [-0.3, -0.25) is 9.36 Å². The molecule has 2 heterocycles. The highest BCUT2D eigenvalue weighted by atomic mass is 79.9. The van der Waals surface area contributed by atoms with Crippen LogP contribution in [0.2, 0.25) is 5.02 Å². The number of thiazole rings is 1. The summed E-state index contributed by atoms with van der Waals surface area (Å²) in [4.78, 5) is 32.7. The number of methoxy groups -OCH3 is 1. The quantitative estimate of drug-likeness (QED) is 0.173. The molecule has 45 heavy (non-hydrogen) atoms. The summed E-state index contributed by atoms with van der Waals surface area (Å²) < 4.78 is 26.0. The summed E-state index contributed by atoms with van der Waals surface area (Å²) in [6, 6.07) is 17.6. The lowest BCUT2D eigenvalue weighted by molar-refractivity contribution is -0.143. The van der Waals surface area contributed by atoms with Gasteiger partial charge >= 0.3 is 5.97 Å². The van der Waals surface area contributed by atoms with Crippen molar-refractivity contribution in [2.24, 2.45) is 4.99 Å². The molecule has 1 aliphatic rings. The van der Waals surface area contributed by atoms with Gasteiger partial charge in [-0.2, -0.15) is 0 Å². The van der Waals surface area contributed by atoms with Crippen LogP contribution in [0, 0.1) is 0 Å². The second-order valence-corrected chi connectivity index (χ2v) is 12.8. The Balaban J connectivity index is 1.59. The third kappa shape index (κ3) is 7.19. The highest BCUT2D eigenvalue weighted by Crippen LogP contribution is 2.37. The van der Waals surface area contributed by atoms with Crippen molar-refractivity contribution in [3.05, 3.63) is 118 Å². The van der Waals surface area contributed by atoms with E-state index in [0.717, 1.165) is 15.6 Å². The molecule has 0 amide bonds. The van der Waals surface area contributed by atoms with E-state index in [1.54, 1.807) is 40.0 Å². The zero-order valence-corrected chi connectivity index (χ0v) is 28.6. The summed E-state index contributed by atoms with van der Waals surface area (Å²) in [5.41, 5.74) is 2.80. The van der Waals surface area contributed by atoms with E-state index in [2.05, 4.69) is 20.9 Å². The molecule has 0 radical (unpaired) electrons. The molecular formula is C34H32BrClN2O6S. The van der Waals surface area contributed by atoms with Crippen LogP contribution in [0.3, 0.4) is 0 Å². The van der Waals surface area contributed by atoms with Crippen molar-refractivity contribution in [3.8, 4) is 17.2 Å². The maximum atomic E-state index is 14.1. The number of allylic oxidation sites excluding steroid dienone is 1. The first kappa shape index (κ1) is 32.5. The van der Waals surface area contributed by atoms with Gasteiger partial charge < -0.3 is 18.9 Å². The van der Waals surface area contributed by atoms with E-state index in [1.807, 2.05) is 61.5 Å². The summed E-state index contributed by atoms with van der Waals surface area (Å²) in [7, 11) is 1.55. The van der Waals surface area contributed by atoms with Crippen molar-refractivity contribution in [2.75, 3.05) is 13.7 Å². The minimum Gasteiger partial charge on any atom is -0.496 e. The number of rotatable bonds is 10. The van der Waals surface area contributed by atoms with Gasteiger partial charge in [0.05, 0.1) is 35.6 Å². The van der Waals surface area contributed by atoms with Gasteiger partial charge in [0.15, 0.2) is 16.3 Å². The van der Waals surface area contributed by atoms with Crippen molar-refractivity contribution in [1.29, 1.82) is 0 Å². The Morgan fingerprint density at radius 2 is 1.80 bits per heavy atom. The van der Waals surface area contributed by atoms with Gasteiger partial charge in [0.2, 0.25) is 0 Å². The Morgan fingerprint density at radius 3 is 2.49 bits per heavy atom. The molecule has 11 heteroatoms. The molecule has 0 saturated carbocycles. The number of esters is 1. The zero-order valence-electron chi connectivity index (χ0n) is 25.4. The minimum atomic E-state index is -0.815. The average Bonchev–Trinajstić information content (AvgIpc) is 3.30. The first-order chi connectivity index (χ1) is 21.6. The smallest absolute Gasteiger partial charge is 0.338 e. The van der Waals surface area contributed by atoms with Crippen LogP contribution < -0.4 is 29.1 Å². The molecule has 1 aromatic heterocycles. The number of fused-ring (bicyclic) bond motifs is 1. The highest BCUT2D eigenvalue weighted by molar-refractivity contribution is 9.10. The molecule has 0 aliphatic carbocycles.